The molecule has 3 rings (SSSR count). The highest BCUT2D eigenvalue weighted by Gasteiger charge is 2.12. The molecular weight excluding hydrogens is 274 g/mol. The highest BCUT2D eigenvalue weighted by Crippen LogP contribution is 2.25. The number of hydrogen-bond acceptors (Lipinski definition) is 4. The third-order valence-electron chi connectivity index (χ3n) is 4.05. The minimum absolute atomic E-state index is 0.675. The van der Waals surface area contributed by atoms with E-state index in [-0.39, 0.29) is 0 Å². The molecule has 0 atom stereocenters. The lowest BCUT2D eigenvalue weighted by molar-refractivity contribution is 0.122. The number of nitriles is 1. The molecule has 1 fully saturated rings. The molecule has 1 aromatic heterocycles. The van der Waals surface area contributed by atoms with E-state index in [0.717, 1.165) is 48.8 Å². The van der Waals surface area contributed by atoms with Gasteiger partial charge in [-0.15, -0.1) is 0 Å². The lowest BCUT2D eigenvalue weighted by Crippen LogP contribution is -2.36. The van der Waals surface area contributed by atoms with Crippen LogP contribution in [0.5, 0.6) is 0 Å². The van der Waals surface area contributed by atoms with Crippen molar-refractivity contribution in [1.29, 1.82) is 5.26 Å². The van der Waals surface area contributed by atoms with Crippen molar-refractivity contribution in [1.82, 2.24) is 4.98 Å². The number of aromatic nitrogens is 1. The molecule has 0 saturated carbocycles. The minimum atomic E-state index is 0.675. The Hall–Kier alpha value is -2.38. The molecule has 0 radical (unpaired) electrons. The molecule has 0 aliphatic carbocycles. The van der Waals surface area contributed by atoms with Crippen LogP contribution in [0.4, 0.5) is 5.69 Å². The first-order valence-electron chi connectivity index (χ1n) is 7.50. The van der Waals surface area contributed by atoms with Gasteiger partial charge in [0.15, 0.2) is 0 Å². The lowest BCUT2D eigenvalue weighted by Gasteiger charge is -2.28. The van der Waals surface area contributed by atoms with E-state index >= 15 is 0 Å². The van der Waals surface area contributed by atoms with Gasteiger partial charge in [-0.1, -0.05) is 12.1 Å². The summed E-state index contributed by atoms with van der Waals surface area (Å²) in [5.74, 6) is 0. The number of nitrogens with zero attached hydrogens (tertiary/aromatic N) is 3. The summed E-state index contributed by atoms with van der Waals surface area (Å²) in [5, 5.41) is 9.14. The number of hydrogen-bond donors (Lipinski definition) is 0. The largest absolute Gasteiger partial charge is 0.378 e. The van der Waals surface area contributed by atoms with Gasteiger partial charge in [-0.2, -0.15) is 5.26 Å². The fourth-order valence-electron chi connectivity index (χ4n) is 2.81. The predicted molar refractivity (Wildman–Crippen MR) is 86.9 cm³/mol. The smallest absolute Gasteiger partial charge is 0.101 e. The van der Waals surface area contributed by atoms with Crippen molar-refractivity contribution < 1.29 is 4.74 Å². The molecule has 4 heteroatoms. The Balaban J connectivity index is 1.88. The summed E-state index contributed by atoms with van der Waals surface area (Å²) < 4.78 is 5.38. The standard InChI is InChI=1S/C18H19N3O/c1-13-11-18(20-14(2)17(13)12-19)15-3-5-16(6-4-15)21-7-9-22-10-8-21/h3-6,11H,7-10H2,1-2H3. The molecule has 1 aromatic carbocycles. The molecule has 22 heavy (non-hydrogen) atoms. The van der Waals surface area contributed by atoms with Crippen molar-refractivity contribution >= 4 is 5.69 Å². The molecule has 2 aromatic rings. The third kappa shape index (κ3) is 2.81. The Labute approximate surface area is 131 Å². The number of ether oxygens (including phenoxy) is 1. The van der Waals surface area contributed by atoms with Gasteiger partial charge in [-0.25, -0.2) is 0 Å². The van der Waals surface area contributed by atoms with Crippen LogP contribution in [0.15, 0.2) is 30.3 Å². The van der Waals surface area contributed by atoms with Gasteiger partial charge in [-0.05, 0) is 37.6 Å². The molecule has 4 nitrogen and oxygen atoms in total. The molecule has 1 saturated heterocycles. The van der Waals surface area contributed by atoms with Gasteiger partial charge >= 0.3 is 0 Å². The van der Waals surface area contributed by atoms with Crippen molar-refractivity contribution in [2.75, 3.05) is 31.2 Å². The van der Waals surface area contributed by atoms with Crippen LogP contribution in [0.3, 0.4) is 0 Å². The van der Waals surface area contributed by atoms with Crippen molar-refractivity contribution in [3.63, 3.8) is 0 Å². The summed E-state index contributed by atoms with van der Waals surface area (Å²) >= 11 is 0. The van der Waals surface area contributed by atoms with Crippen LogP contribution >= 0.6 is 0 Å². The Morgan fingerprint density at radius 3 is 2.41 bits per heavy atom. The molecule has 1 aliphatic rings. The first-order valence-corrected chi connectivity index (χ1v) is 7.50. The average molecular weight is 293 g/mol. The van der Waals surface area contributed by atoms with Crippen LogP contribution in [0, 0.1) is 25.2 Å². The first-order chi connectivity index (χ1) is 10.7. The van der Waals surface area contributed by atoms with Gasteiger partial charge in [0.05, 0.1) is 30.2 Å². The minimum Gasteiger partial charge on any atom is -0.378 e. The summed E-state index contributed by atoms with van der Waals surface area (Å²) in [4.78, 5) is 6.89. The molecular formula is C18H19N3O. The fourth-order valence-corrected chi connectivity index (χ4v) is 2.81. The summed E-state index contributed by atoms with van der Waals surface area (Å²) in [6.07, 6.45) is 0. The summed E-state index contributed by atoms with van der Waals surface area (Å²) in [7, 11) is 0. The zero-order valence-electron chi connectivity index (χ0n) is 13.0. The maximum Gasteiger partial charge on any atom is 0.101 e. The maximum absolute atomic E-state index is 9.14. The van der Waals surface area contributed by atoms with E-state index in [1.807, 2.05) is 19.9 Å². The number of pyridine rings is 1. The number of anilines is 1. The summed E-state index contributed by atoms with van der Waals surface area (Å²) in [6, 6.07) is 12.6. The normalized spacial score (nSPS) is 14.7. The average Bonchev–Trinajstić information content (AvgIpc) is 2.55. The van der Waals surface area contributed by atoms with Gasteiger partial charge in [0, 0.05) is 24.3 Å². The predicted octanol–water partition coefficient (Wildman–Crippen LogP) is 3.07. The van der Waals surface area contributed by atoms with Gasteiger partial charge < -0.3 is 9.64 Å². The van der Waals surface area contributed by atoms with Crippen LogP contribution in [0.25, 0.3) is 11.3 Å². The zero-order chi connectivity index (χ0) is 15.5. The maximum atomic E-state index is 9.14. The van der Waals surface area contributed by atoms with Gasteiger partial charge in [0.25, 0.3) is 0 Å². The van der Waals surface area contributed by atoms with Gasteiger partial charge in [-0.3, -0.25) is 4.98 Å². The second-order valence-corrected chi connectivity index (χ2v) is 5.54. The van der Waals surface area contributed by atoms with Crippen LogP contribution in [0.1, 0.15) is 16.8 Å². The summed E-state index contributed by atoms with van der Waals surface area (Å²) in [6.45, 7) is 7.30. The highest BCUT2D eigenvalue weighted by atomic mass is 16.5. The molecule has 2 heterocycles. The van der Waals surface area contributed by atoms with Crippen molar-refractivity contribution in [2.24, 2.45) is 0 Å². The fraction of sp³-hybridized carbons (Fsp3) is 0.333. The molecule has 0 bridgehead atoms. The van der Waals surface area contributed by atoms with E-state index in [4.69, 9.17) is 10.00 Å². The van der Waals surface area contributed by atoms with Crippen LogP contribution in [-0.2, 0) is 4.74 Å². The van der Waals surface area contributed by atoms with E-state index in [1.54, 1.807) is 0 Å². The number of benzene rings is 1. The third-order valence-corrected chi connectivity index (χ3v) is 4.05. The molecule has 0 amide bonds. The van der Waals surface area contributed by atoms with Crippen LogP contribution in [0.2, 0.25) is 0 Å². The molecule has 0 spiro atoms. The Bertz CT molecular complexity index is 687. The lowest BCUT2D eigenvalue weighted by atomic mass is 10.0. The Morgan fingerprint density at radius 2 is 1.82 bits per heavy atom. The van der Waals surface area contributed by atoms with Crippen LogP contribution < -0.4 is 4.90 Å². The van der Waals surface area contributed by atoms with E-state index in [0.29, 0.717) is 5.56 Å². The topological polar surface area (TPSA) is 49.1 Å². The van der Waals surface area contributed by atoms with Gasteiger partial charge in [0.1, 0.15) is 6.07 Å². The molecule has 1 aliphatic heterocycles. The quantitative estimate of drug-likeness (QED) is 0.854. The van der Waals surface area contributed by atoms with E-state index < -0.39 is 0 Å². The number of morpholine rings is 1. The SMILES string of the molecule is Cc1cc(-c2ccc(N3CCOCC3)cc2)nc(C)c1C#N. The Kier molecular flexibility index (Phi) is 4.08. The van der Waals surface area contributed by atoms with Gasteiger partial charge in [0.2, 0.25) is 0 Å². The molecule has 0 N–H and O–H groups in total. The molecule has 112 valence electrons. The number of rotatable bonds is 2. The van der Waals surface area contributed by atoms with Crippen LogP contribution in [-0.4, -0.2) is 31.3 Å². The van der Waals surface area contributed by atoms with E-state index in [1.165, 1.54) is 5.69 Å². The number of aryl methyl sites for hydroxylation is 2. The molecule has 0 unspecified atom stereocenters. The first kappa shape index (κ1) is 14.6. The zero-order valence-corrected chi connectivity index (χ0v) is 13.0. The summed E-state index contributed by atoms with van der Waals surface area (Å²) in [5.41, 5.74) is 5.65. The van der Waals surface area contributed by atoms with E-state index in [2.05, 4.69) is 40.2 Å². The van der Waals surface area contributed by atoms with Crippen molar-refractivity contribution in [3.8, 4) is 17.3 Å². The second-order valence-electron chi connectivity index (χ2n) is 5.54. The van der Waals surface area contributed by atoms with E-state index in [9.17, 15) is 0 Å². The van der Waals surface area contributed by atoms with Crippen molar-refractivity contribution in [2.45, 2.75) is 13.8 Å². The monoisotopic (exact) mass is 293 g/mol. The second kappa shape index (κ2) is 6.17. The Morgan fingerprint density at radius 1 is 1.14 bits per heavy atom. The van der Waals surface area contributed by atoms with Crippen molar-refractivity contribution in [3.05, 3.63) is 47.2 Å². The highest BCUT2D eigenvalue weighted by molar-refractivity contribution is 5.65.